The molecule has 3 saturated heterocycles. The fourth-order valence-electron chi connectivity index (χ4n) is 12.1. The van der Waals surface area contributed by atoms with Gasteiger partial charge in [-0.15, -0.1) is 0 Å². The Balaban J connectivity index is 1.45. The number of hydrogen-bond acceptors (Lipinski definition) is 16. The number of nitrogens with one attached hydrogen (secondary N) is 1. The summed E-state index contributed by atoms with van der Waals surface area (Å²) >= 11 is 0. The Bertz CT molecular complexity index is 2250. The third kappa shape index (κ3) is 7.32. The number of rotatable bonds is 13. The highest BCUT2D eigenvalue weighted by Gasteiger charge is 2.89. The normalized spacial score (nSPS) is 37.5. The molecule has 1 aromatic rings. The maximum absolute atomic E-state index is 16.7. The molecule has 12 atom stereocenters. The van der Waals surface area contributed by atoms with E-state index < -0.39 is 94.9 Å². The highest BCUT2D eigenvalue weighted by Crippen LogP contribution is 2.72. The van der Waals surface area contributed by atoms with Crippen LogP contribution < -0.4 is 19.5 Å². The maximum Gasteiger partial charge on any atom is 0.333 e. The third-order valence-electron chi connectivity index (χ3n) is 15.3. The van der Waals surface area contributed by atoms with E-state index >= 15 is 9.59 Å². The second kappa shape index (κ2) is 17.5. The first kappa shape index (κ1) is 48.5. The van der Waals surface area contributed by atoms with Crippen molar-refractivity contribution in [2.75, 3.05) is 47.1 Å². The van der Waals surface area contributed by atoms with Crippen molar-refractivity contribution in [2.45, 2.75) is 152 Å². The van der Waals surface area contributed by atoms with Crippen molar-refractivity contribution in [3.63, 3.8) is 0 Å². The van der Waals surface area contributed by atoms with Crippen LogP contribution in [0.25, 0.3) is 6.08 Å². The molecule has 6 fully saturated rings. The Morgan fingerprint density at radius 3 is 2.29 bits per heavy atom. The predicted octanol–water partition coefficient (Wildman–Crippen LogP) is 3.53. The molecule has 4 bridgehead atoms. The van der Waals surface area contributed by atoms with Gasteiger partial charge in [-0.25, -0.2) is 4.79 Å². The quantitative estimate of drug-likeness (QED) is 0.109. The average molecular weight is 921 g/mol. The van der Waals surface area contributed by atoms with Crippen molar-refractivity contribution in [1.29, 1.82) is 0 Å². The van der Waals surface area contributed by atoms with Crippen LogP contribution in [0.5, 0.6) is 17.2 Å². The number of nitrogens with zero attached hydrogens (tertiary/aromatic N) is 1. The van der Waals surface area contributed by atoms with Gasteiger partial charge in [0, 0.05) is 42.6 Å². The first-order valence-corrected chi connectivity index (χ1v) is 23.3. The summed E-state index contributed by atoms with van der Waals surface area (Å²) in [6, 6.07) is -0.783. The van der Waals surface area contributed by atoms with E-state index in [0.29, 0.717) is 56.0 Å². The molecule has 8 aliphatic rings. The largest absolute Gasteiger partial charge is 0.482 e. The summed E-state index contributed by atoms with van der Waals surface area (Å²) in [5, 5.41) is 46.9. The van der Waals surface area contributed by atoms with E-state index in [1.54, 1.807) is 20.0 Å². The first-order valence-electron chi connectivity index (χ1n) is 23.3. The molecule has 1 aromatic carbocycles. The Morgan fingerprint density at radius 1 is 0.955 bits per heavy atom. The summed E-state index contributed by atoms with van der Waals surface area (Å²) in [5.41, 5.74) is -3.41. The highest BCUT2D eigenvalue weighted by molar-refractivity contribution is 6.12. The van der Waals surface area contributed by atoms with Crippen LogP contribution in [0.15, 0.2) is 41.0 Å². The lowest BCUT2D eigenvalue weighted by Crippen LogP contribution is -2.90. The summed E-state index contributed by atoms with van der Waals surface area (Å²) in [6.07, 6.45) is 2.97. The van der Waals surface area contributed by atoms with Gasteiger partial charge in [0.15, 0.2) is 22.8 Å². The number of carbonyl (C=O) groups is 3. The van der Waals surface area contributed by atoms with Crippen LogP contribution in [-0.4, -0.2) is 155 Å². The minimum Gasteiger partial charge on any atom is -0.482 e. The molecule has 66 heavy (non-hydrogen) atoms. The smallest absolute Gasteiger partial charge is 0.333 e. The molecule has 5 N–H and O–H groups in total. The zero-order valence-electron chi connectivity index (χ0n) is 39.9. The zero-order valence-corrected chi connectivity index (χ0v) is 39.9. The lowest BCUT2D eigenvalue weighted by molar-refractivity contribution is -0.277. The van der Waals surface area contributed by atoms with Gasteiger partial charge >= 0.3 is 5.97 Å². The van der Waals surface area contributed by atoms with Crippen LogP contribution in [0.4, 0.5) is 0 Å². The molecule has 0 aromatic heterocycles. The minimum absolute atomic E-state index is 0.0260. The van der Waals surface area contributed by atoms with Gasteiger partial charge in [-0.3, -0.25) is 14.5 Å². The Labute approximate surface area is 386 Å². The van der Waals surface area contributed by atoms with Gasteiger partial charge in [-0.05, 0) is 100 Å². The van der Waals surface area contributed by atoms with Gasteiger partial charge in [0.2, 0.25) is 6.29 Å². The van der Waals surface area contributed by atoms with Crippen molar-refractivity contribution in [1.82, 2.24) is 10.2 Å². The average Bonchev–Trinajstić information content (AvgIpc) is 3.43. The first-order chi connectivity index (χ1) is 31.2. The maximum atomic E-state index is 16.7. The van der Waals surface area contributed by atoms with E-state index in [9.17, 15) is 25.2 Å². The van der Waals surface area contributed by atoms with Crippen LogP contribution in [0.3, 0.4) is 0 Å². The monoisotopic (exact) mass is 920 g/mol. The van der Waals surface area contributed by atoms with Crippen molar-refractivity contribution >= 4 is 23.6 Å². The number of Topliss-reactive ketones (excluding diaryl/α,β-unsaturated/α-hetero) is 2. The molecule has 0 radical (unpaired) electrons. The molecule has 3 saturated carbocycles. The lowest BCUT2D eigenvalue weighted by Gasteiger charge is -2.68. The Hall–Kier alpha value is -3.97. The standard InChI is InChI=1S/C50H68N2O14/c1-26(2)12-11-17-47(8)18-16-30-39(64-47)29(14-13-27(3)4)41-33(40(30)63-44-38(57)37(56)35(54)31(25-53)62-44)36(55)34-42(52-20-22-61-23-21-52)48(51-9)24-32-46(6,7)66-49(45(48)59,50(32,34)65-41)19-15-28(5)43(58)60-10/h12-13,15-16,18,31-32,34-35,37-38,42,44,51,53-54,56-57H,11,14,17,19-25H2,1-10H3/b28-15-/t31-,32?,34?,35-,37-,38-,42?,44+,47?,48?,49?,50?/m1/s1. The van der Waals surface area contributed by atoms with Crippen molar-refractivity contribution in [3.05, 3.63) is 57.7 Å². The number of methoxy groups -OCH3 is 1. The number of benzene rings is 1. The van der Waals surface area contributed by atoms with Crippen LogP contribution in [0.2, 0.25) is 0 Å². The zero-order chi connectivity index (χ0) is 47.9. The van der Waals surface area contributed by atoms with E-state index in [2.05, 4.69) is 16.3 Å². The molecule has 16 nitrogen and oxygen atoms in total. The number of ether oxygens (including phenoxy) is 7. The van der Waals surface area contributed by atoms with Crippen LogP contribution in [-0.2, 0) is 35.0 Å². The molecule has 9 rings (SSSR count). The molecule has 16 heteroatoms. The fraction of sp³-hybridized carbons (Fsp3) is 0.660. The van der Waals surface area contributed by atoms with E-state index in [4.69, 9.17) is 33.2 Å². The van der Waals surface area contributed by atoms with Crippen molar-refractivity contribution < 1.29 is 68.0 Å². The number of fused-ring (bicyclic) bond motifs is 2. The molecule has 7 unspecified atom stereocenters. The number of allylic oxidation sites excluding steroid dienone is 4. The second-order valence-electron chi connectivity index (χ2n) is 20.4. The Kier molecular flexibility index (Phi) is 12.9. The van der Waals surface area contributed by atoms with E-state index in [1.165, 1.54) is 7.11 Å². The van der Waals surface area contributed by atoms with Crippen LogP contribution in [0.1, 0.15) is 103 Å². The second-order valence-corrected chi connectivity index (χ2v) is 20.4. The predicted molar refractivity (Wildman–Crippen MR) is 241 cm³/mol. The van der Waals surface area contributed by atoms with E-state index in [0.717, 1.165) is 11.1 Å². The summed E-state index contributed by atoms with van der Waals surface area (Å²) in [4.78, 5) is 47.8. The van der Waals surface area contributed by atoms with Gasteiger partial charge in [-0.2, -0.15) is 0 Å². The topological polar surface area (TPSA) is 212 Å². The van der Waals surface area contributed by atoms with Gasteiger partial charge in [-0.1, -0.05) is 29.4 Å². The molecule has 5 heterocycles. The number of carbonyl (C=O) groups excluding carboxylic acids is 3. The van der Waals surface area contributed by atoms with Crippen LogP contribution >= 0.6 is 0 Å². The van der Waals surface area contributed by atoms with E-state index in [-0.39, 0.29) is 47.7 Å². The third-order valence-corrected chi connectivity index (χ3v) is 15.3. The molecule has 3 aliphatic carbocycles. The fourth-order valence-corrected chi connectivity index (χ4v) is 12.1. The van der Waals surface area contributed by atoms with Crippen molar-refractivity contribution in [3.8, 4) is 17.2 Å². The summed E-state index contributed by atoms with van der Waals surface area (Å²) in [7, 11) is 3.02. The number of aliphatic hydroxyl groups excluding tert-OH is 4. The molecular formula is C50H68N2O14. The van der Waals surface area contributed by atoms with Crippen molar-refractivity contribution in [2.24, 2.45) is 11.8 Å². The van der Waals surface area contributed by atoms with E-state index in [1.807, 2.05) is 66.7 Å². The lowest BCUT2D eigenvalue weighted by atomic mass is 9.42. The highest BCUT2D eigenvalue weighted by atomic mass is 16.7. The van der Waals surface area contributed by atoms with Gasteiger partial charge < -0.3 is 58.9 Å². The molecule has 5 aliphatic heterocycles. The number of morpholine rings is 1. The SMILES string of the molecule is CNC12CC3C(C)(C)OC(C/C=C(/C)C(=O)OC)(C1=O)C31Oc3c(CC=C(C)C)c4c(c(O[C@@H]5O[C@H](CO)[C@@H](O)[C@@H](O)[C@H]5O)c3C(=O)C1C2N1CCOCC1)C=CC(C)(CCC=C(C)C)O4. The number of ketones is 2. The minimum atomic E-state index is -1.82. The Morgan fingerprint density at radius 2 is 1.65 bits per heavy atom. The van der Waals surface area contributed by atoms with Gasteiger partial charge in [0.25, 0.3) is 0 Å². The molecule has 362 valence electrons. The number of aliphatic hydroxyl groups is 4. The van der Waals surface area contributed by atoms with Crippen LogP contribution in [0, 0.1) is 11.8 Å². The summed E-state index contributed by atoms with van der Waals surface area (Å²) in [5.74, 6) is -2.53. The summed E-state index contributed by atoms with van der Waals surface area (Å²) in [6.45, 7) is 16.3. The molecule has 0 amide bonds. The molecule has 1 spiro atoms. The number of hydrogen-bond donors (Lipinski definition) is 5. The summed E-state index contributed by atoms with van der Waals surface area (Å²) < 4.78 is 45.6. The number of esters is 1. The molecular weight excluding hydrogens is 853 g/mol. The van der Waals surface area contributed by atoms with Gasteiger partial charge in [0.1, 0.15) is 52.8 Å². The number of likely N-dealkylation sites (N-methyl/N-ethyl adjacent to an activating group) is 1. The van der Waals surface area contributed by atoms with Gasteiger partial charge in [0.05, 0.1) is 49.6 Å².